The first kappa shape index (κ1) is 19.9. The highest BCUT2D eigenvalue weighted by atomic mass is 16.4. The number of amides is 2. The molecule has 0 aromatic rings. The van der Waals surface area contributed by atoms with Gasteiger partial charge in [-0.3, -0.25) is 14.5 Å². The maximum atomic E-state index is 13.1. The molecule has 3 N–H and O–H groups in total. The topological polar surface area (TPSA) is 101 Å². The zero-order valence-electron chi connectivity index (χ0n) is 15.1. The van der Waals surface area contributed by atoms with Gasteiger partial charge in [-0.2, -0.15) is 0 Å². The van der Waals surface area contributed by atoms with Crippen LogP contribution >= 0.6 is 0 Å². The number of nitrogens with two attached hydrogens (primary N) is 1. The quantitative estimate of drug-likeness (QED) is 0.686. The molecule has 0 unspecified atom stereocenters. The van der Waals surface area contributed by atoms with Gasteiger partial charge in [0.25, 0.3) is 0 Å². The van der Waals surface area contributed by atoms with Gasteiger partial charge in [0, 0.05) is 11.8 Å². The minimum atomic E-state index is -1.10. The SMILES string of the molecule is NCCC[C@@H](C(=O)O)N(C(=O)C1CCCCC1)C(=O)C1CCCCC1. The largest absolute Gasteiger partial charge is 0.480 e. The second-order valence-corrected chi connectivity index (χ2v) is 7.50. The van der Waals surface area contributed by atoms with Crippen LogP contribution in [0.3, 0.4) is 0 Å². The Kier molecular flexibility index (Phi) is 7.88. The predicted octanol–water partition coefficient (Wildman–Crippen LogP) is 2.69. The minimum absolute atomic E-state index is 0.207. The molecule has 142 valence electrons. The Morgan fingerprint density at radius 2 is 1.32 bits per heavy atom. The summed E-state index contributed by atoms with van der Waals surface area (Å²) in [7, 11) is 0. The molecule has 0 aromatic heterocycles. The molecule has 25 heavy (non-hydrogen) atoms. The van der Waals surface area contributed by atoms with Crippen molar-refractivity contribution in [3.05, 3.63) is 0 Å². The second-order valence-electron chi connectivity index (χ2n) is 7.50. The molecular weight excluding hydrogens is 320 g/mol. The molecule has 0 heterocycles. The lowest BCUT2D eigenvalue weighted by Crippen LogP contribution is -2.53. The minimum Gasteiger partial charge on any atom is -0.480 e. The Hall–Kier alpha value is -1.43. The third-order valence-corrected chi connectivity index (χ3v) is 5.66. The van der Waals surface area contributed by atoms with Gasteiger partial charge in [-0.05, 0) is 45.1 Å². The van der Waals surface area contributed by atoms with Crippen LogP contribution < -0.4 is 5.73 Å². The Balaban J connectivity index is 2.22. The molecular formula is C19H32N2O4. The normalized spacial score (nSPS) is 20.8. The molecule has 0 radical (unpaired) electrons. The lowest BCUT2D eigenvalue weighted by molar-refractivity contribution is -0.163. The van der Waals surface area contributed by atoms with E-state index in [4.69, 9.17) is 5.73 Å². The van der Waals surface area contributed by atoms with Gasteiger partial charge in [-0.1, -0.05) is 38.5 Å². The molecule has 2 amide bonds. The van der Waals surface area contributed by atoms with Gasteiger partial charge in [0.1, 0.15) is 6.04 Å². The summed E-state index contributed by atoms with van der Waals surface area (Å²) in [6.45, 7) is 0.354. The van der Waals surface area contributed by atoms with Gasteiger partial charge in [0.15, 0.2) is 0 Å². The first-order valence-corrected chi connectivity index (χ1v) is 9.86. The first-order chi connectivity index (χ1) is 12.1. The van der Waals surface area contributed by atoms with E-state index in [1.807, 2.05) is 0 Å². The summed E-state index contributed by atoms with van der Waals surface area (Å²) in [5, 5.41) is 9.68. The zero-order chi connectivity index (χ0) is 18.2. The molecule has 0 aliphatic heterocycles. The highest BCUT2D eigenvalue weighted by Crippen LogP contribution is 2.31. The van der Waals surface area contributed by atoms with Crippen LogP contribution in [-0.4, -0.2) is 40.4 Å². The van der Waals surface area contributed by atoms with E-state index in [9.17, 15) is 19.5 Å². The van der Waals surface area contributed by atoms with Crippen LogP contribution in [0, 0.1) is 11.8 Å². The summed E-state index contributed by atoms with van der Waals surface area (Å²) in [5.41, 5.74) is 5.53. The standard InChI is InChI=1S/C19H32N2O4/c20-13-7-12-16(19(24)25)21(17(22)14-8-3-1-4-9-14)18(23)15-10-5-2-6-11-15/h14-16H,1-13,20H2,(H,24,25)/t16-/m0/s1. The van der Waals surface area contributed by atoms with Crippen LogP contribution in [0.25, 0.3) is 0 Å². The fourth-order valence-corrected chi connectivity index (χ4v) is 4.18. The number of imide groups is 1. The van der Waals surface area contributed by atoms with Crippen LogP contribution in [0.15, 0.2) is 0 Å². The molecule has 2 rings (SSSR count). The molecule has 0 aromatic carbocycles. The Bertz CT molecular complexity index is 438. The van der Waals surface area contributed by atoms with Crippen molar-refractivity contribution < 1.29 is 19.5 Å². The van der Waals surface area contributed by atoms with Crippen LogP contribution in [-0.2, 0) is 14.4 Å². The van der Waals surface area contributed by atoms with Gasteiger partial charge in [0.2, 0.25) is 11.8 Å². The van der Waals surface area contributed by atoms with Crippen molar-refractivity contribution in [1.29, 1.82) is 0 Å². The third kappa shape index (κ3) is 5.27. The van der Waals surface area contributed by atoms with Crippen molar-refractivity contribution in [3.63, 3.8) is 0 Å². The van der Waals surface area contributed by atoms with Crippen molar-refractivity contribution >= 4 is 17.8 Å². The maximum Gasteiger partial charge on any atom is 0.326 e. The molecule has 2 aliphatic rings. The van der Waals surface area contributed by atoms with Crippen LogP contribution in [0.1, 0.15) is 77.0 Å². The number of carboxylic acid groups (broad SMARTS) is 1. The predicted molar refractivity (Wildman–Crippen MR) is 94.7 cm³/mol. The summed E-state index contributed by atoms with van der Waals surface area (Å²) >= 11 is 0. The van der Waals surface area contributed by atoms with Gasteiger partial charge in [-0.25, -0.2) is 4.79 Å². The van der Waals surface area contributed by atoms with E-state index < -0.39 is 12.0 Å². The van der Waals surface area contributed by atoms with Gasteiger partial charge < -0.3 is 10.8 Å². The number of rotatable bonds is 7. The van der Waals surface area contributed by atoms with Crippen molar-refractivity contribution in [1.82, 2.24) is 4.90 Å². The van der Waals surface area contributed by atoms with Crippen molar-refractivity contribution in [2.45, 2.75) is 83.1 Å². The molecule has 2 aliphatic carbocycles. The average molecular weight is 352 g/mol. The zero-order valence-corrected chi connectivity index (χ0v) is 15.1. The van der Waals surface area contributed by atoms with Crippen molar-refractivity contribution in [2.24, 2.45) is 17.6 Å². The first-order valence-electron chi connectivity index (χ1n) is 9.86. The van der Waals surface area contributed by atoms with Crippen LogP contribution in [0.4, 0.5) is 0 Å². The van der Waals surface area contributed by atoms with E-state index in [-0.39, 0.29) is 30.1 Å². The van der Waals surface area contributed by atoms with Gasteiger partial charge >= 0.3 is 5.97 Å². The van der Waals surface area contributed by atoms with E-state index in [1.165, 1.54) is 0 Å². The maximum absolute atomic E-state index is 13.1. The molecule has 0 spiro atoms. The smallest absolute Gasteiger partial charge is 0.326 e. The van der Waals surface area contributed by atoms with E-state index in [0.29, 0.717) is 13.0 Å². The molecule has 2 saturated carbocycles. The second kappa shape index (κ2) is 9.90. The summed E-state index contributed by atoms with van der Waals surface area (Å²) < 4.78 is 0. The average Bonchev–Trinajstić information content (AvgIpc) is 2.65. The lowest BCUT2D eigenvalue weighted by atomic mass is 9.85. The number of aliphatic carboxylic acids is 1. The van der Waals surface area contributed by atoms with E-state index in [2.05, 4.69) is 0 Å². The monoisotopic (exact) mass is 352 g/mol. The molecule has 0 saturated heterocycles. The van der Waals surface area contributed by atoms with E-state index in [1.54, 1.807) is 0 Å². The molecule has 0 bridgehead atoms. The number of carbonyl (C=O) groups excluding carboxylic acids is 2. The van der Waals surface area contributed by atoms with Gasteiger partial charge in [-0.15, -0.1) is 0 Å². The number of hydrogen-bond donors (Lipinski definition) is 2. The van der Waals surface area contributed by atoms with Gasteiger partial charge in [0.05, 0.1) is 0 Å². The summed E-state index contributed by atoms with van der Waals surface area (Å²) in [6.07, 6.45) is 9.88. The van der Waals surface area contributed by atoms with Crippen molar-refractivity contribution in [3.8, 4) is 0 Å². The van der Waals surface area contributed by atoms with E-state index >= 15 is 0 Å². The van der Waals surface area contributed by atoms with Crippen LogP contribution in [0.5, 0.6) is 0 Å². The lowest BCUT2D eigenvalue weighted by Gasteiger charge is -2.35. The van der Waals surface area contributed by atoms with Crippen LogP contribution in [0.2, 0.25) is 0 Å². The molecule has 2 fully saturated rings. The molecule has 1 atom stereocenters. The summed E-state index contributed by atoms with van der Waals surface area (Å²) in [5.74, 6) is -2.04. The fraction of sp³-hybridized carbons (Fsp3) is 0.842. The summed E-state index contributed by atoms with van der Waals surface area (Å²) in [6, 6.07) is -1.08. The Labute approximate surface area is 150 Å². The van der Waals surface area contributed by atoms with Crippen molar-refractivity contribution in [2.75, 3.05) is 6.54 Å². The highest BCUT2D eigenvalue weighted by molar-refractivity contribution is 6.01. The Morgan fingerprint density at radius 3 is 1.68 bits per heavy atom. The Morgan fingerprint density at radius 1 is 0.880 bits per heavy atom. The number of nitrogens with zero attached hydrogens (tertiary/aromatic N) is 1. The molecule has 6 heteroatoms. The summed E-state index contributed by atoms with van der Waals surface area (Å²) in [4.78, 5) is 39.2. The number of hydrogen-bond acceptors (Lipinski definition) is 4. The molecule has 6 nitrogen and oxygen atoms in total. The van der Waals surface area contributed by atoms with E-state index in [0.717, 1.165) is 69.1 Å². The highest BCUT2D eigenvalue weighted by Gasteiger charge is 2.40. The third-order valence-electron chi connectivity index (χ3n) is 5.66. The number of carbonyl (C=O) groups is 3. The fourth-order valence-electron chi connectivity index (χ4n) is 4.18. The number of carboxylic acids is 1.